The zero-order valence-electron chi connectivity index (χ0n) is 26.4. The fraction of sp³-hybridized carbons (Fsp3) is 0.394. The summed E-state index contributed by atoms with van der Waals surface area (Å²) < 4.78 is 57.9. The molecule has 0 unspecified atom stereocenters. The van der Waals surface area contributed by atoms with Crippen LogP contribution in [0.4, 0.5) is 13.6 Å². The zero-order valence-corrected chi connectivity index (χ0v) is 27.2. The molecule has 1 aromatic heterocycles. The van der Waals surface area contributed by atoms with Crippen molar-refractivity contribution in [2.24, 2.45) is 5.41 Å². The fourth-order valence-electron chi connectivity index (χ4n) is 5.91. The van der Waals surface area contributed by atoms with Gasteiger partial charge in [-0.25, -0.2) is 13.6 Å². The highest BCUT2D eigenvalue weighted by Crippen LogP contribution is 2.45. The van der Waals surface area contributed by atoms with Crippen molar-refractivity contribution in [1.82, 2.24) is 9.58 Å². The Morgan fingerprint density at radius 2 is 1.83 bits per heavy atom. The van der Waals surface area contributed by atoms with Gasteiger partial charge in [0, 0.05) is 35.0 Å². The highest BCUT2D eigenvalue weighted by Gasteiger charge is 2.46. The number of thioether (sulfide) groups is 1. The van der Waals surface area contributed by atoms with Gasteiger partial charge in [-0.2, -0.15) is 0 Å². The van der Waals surface area contributed by atoms with E-state index in [0.717, 1.165) is 16.5 Å². The molecule has 4 heterocycles. The number of morpholine rings is 1. The number of hydrogen-bond donors (Lipinski definition) is 0. The molecule has 0 spiro atoms. The van der Waals surface area contributed by atoms with Crippen LogP contribution >= 0.6 is 11.8 Å². The smallest absolute Gasteiger partial charge is 0.465 e. The fourth-order valence-corrected chi connectivity index (χ4v) is 7.03. The van der Waals surface area contributed by atoms with Crippen molar-refractivity contribution in [3.05, 3.63) is 92.9 Å². The Balaban J connectivity index is 1.37. The van der Waals surface area contributed by atoms with Crippen LogP contribution in [0.5, 0.6) is 5.75 Å². The first-order valence-electron chi connectivity index (χ1n) is 15.2. The van der Waals surface area contributed by atoms with E-state index in [-0.39, 0.29) is 55.7 Å². The van der Waals surface area contributed by atoms with E-state index in [1.165, 1.54) is 53.5 Å². The molecular weight excluding hydrogens is 652 g/mol. The highest BCUT2D eigenvalue weighted by molar-refractivity contribution is 7.98. The molecule has 3 aliphatic heterocycles. The van der Waals surface area contributed by atoms with E-state index < -0.39 is 59.5 Å². The SMILES string of the molecule is CCOC(=O)C(C)(C)COC(=O)OCOc1c2n(ccc1=O)N([C@@H]1c3ccccc3SCc3c1ccc(F)c3F)[C@@H]1COCCN1C2=O. The van der Waals surface area contributed by atoms with Crippen molar-refractivity contribution in [3.63, 3.8) is 0 Å². The summed E-state index contributed by atoms with van der Waals surface area (Å²) in [6.07, 6.45) is -0.455. The first-order valence-corrected chi connectivity index (χ1v) is 16.2. The Hall–Kier alpha value is -4.63. The summed E-state index contributed by atoms with van der Waals surface area (Å²) in [6, 6.07) is 10.5. The molecule has 1 amide bonds. The summed E-state index contributed by atoms with van der Waals surface area (Å²) in [5.41, 5.74) is -0.517. The van der Waals surface area contributed by atoms with Gasteiger partial charge in [-0.3, -0.25) is 24.1 Å². The quantitative estimate of drug-likeness (QED) is 0.248. The second-order valence-corrected chi connectivity index (χ2v) is 12.9. The number of rotatable bonds is 8. The molecule has 0 saturated carbocycles. The van der Waals surface area contributed by atoms with E-state index in [1.807, 2.05) is 24.3 Å². The number of carbonyl (C=O) groups excluding carboxylic acids is 3. The molecular formula is C33H33F2N3O9S. The van der Waals surface area contributed by atoms with E-state index in [1.54, 1.807) is 11.9 Å². The second kappa shape index (κ2) is 13.5. The number of carbonyl (C=O) groups is 3. The number of benzene rings is 2. The summed E-state index contributed by atoms with van der Waals surface area (Å²) in [6.45, 7) is 4.26. The third kappa shape index (κ3) is 6.07. The molecule has 1 saturated heterocycles. The normalized spacial score (nSPS) is 18.5. The topological polar surface area (TPSA) is 126 Å². The first kappa shape index (κ1) is 33.3. The maximum Gasteiger partial charge on any atom is 0.511 e. The van der Waals surface area contributed by atoms with Gasteiger partial charge in [0.05, 0.1) is 31.3 Å². The largest absolute Gasteiger partial charge is 0.511 e. The minimum atomic E-state index is -1.17. The average molecular weight is 686 g/mol. The molecule has 3 aromatic rings. The van der Waals surface area contributed by atoms with Gasteiger partial charge in [0.25, 0.3) is 5.91 Å². The van der Waals surface area contributed by atoms with Crippen molar-refractivity contribution >= 4 is 29.8 Å². The van der Waals surface area contributed by atoms with Gasteiger partial charge in [0.2, 0.25) is 18.0 Å². The Morgan fingerprint density at radius 1 is 1.04 bits per heavy atom. The van der Waals surface area contributed by atoms with Gasteiger partial charge in [-0.05, 0) is 44.0 Å². The average Bonchev–Trinajstić information content (AvgIpc) is 3.24. The predicted octanol–water partition coefficient (Wildman–Crippen LogP) is 4.35. The van der Waals surface area contributed by atoms with Crippen LogP contribution in [-0.2, 0) is 29.5 Å². The lowest BCUT2D eigenvalue weighted by molar-refractivity contribution is -0.156. The van der Waals surface area contributed by atoms with Crippen LogP contribution < -0.4 is 15.2 Å². The molecule has 6 rings (SSSR count). The Bertz CT molecular complexity index is 1820. The maximum atomic E-state index is 15.4. The van der Waals surface area contributed by atoms with Gasteiger partial charge in [0.15, 0.2) is 17.3 Å². The molecule has 0 bridgehead atoms. The molecule has 0 N–H and O–H groups in total. The zero-order chi connectivity index (χ0) is 34.2. The van der Waals surface area contributed by atoms with Crippen LogP contribution in [0.3, 0.4) is 0 Å². The molecule has 2 aromatic carbocycles. The van der Waals surface area contributed by atoms with Crippen molar-refractivity contribution in [3.8, 4) is 5.75 Å². The number of aromatic nitrogens is 1. The Labute approximate surface area is 278 Å². The lowest BCUT2D eigenvalue weighted by atomic mass is 9.93. The Morgan fingerprint density at radius 3 is 2.62 bits per heavy atom. The molecule has 15 heteroatoms. The van der Waals surface area contributed by atoms with Gasteiger partial charge in [-0.1, -0.05) is 24.3 Å². The second-order valence-electron chi connectivity index (χ2n) is 11.8. The number of fused-ring (bicyclic) bond motifs is 4. The summed E-state index contributed by atoms with van der Waals surface area (Å²) in [5.74, 6) is -3.25. The summed E-state index contributed by atoms with van der Waals surface area (Å²) >= 11 is 1.37. The molecule has 2 atom stereocenters. The van der Waals surface area contributed by atoms with Crippen LogP contribution in [0.15, 0.2) is 58.4 Å². The monoisotopic (exact) mass is 685 g/mol. The maximum absolute atomic E-state index is 15.4. The minimum absolute atomic E-state index is 0.0927. The van der Waals surface area contributed by atoms with Crippen LogP contribution in [0, 0.1) is 17.0 Å². The van der Waals surface area contributed by atoms with Crippen LogP contribution in [-0.4, -0.2) is 73.5 Å². The van der Waals surface area contributed by atoms with Crippen LogP contribution in [0.1, 0.15) is 54.0 Å². The van der Waals surface area contributed by atoms with Crippen molar-refractivity contribution < 1.29 is 46.8 Å². The third-order valence-electron chi connectivity index (χ3n) is 8.29. The van der Waals surface area contributed by atoms with E-state index in [2.05, 4.69) is 0 Å². The predicted molar refractivity (Wildman–Crippen MR) is 167 cm³/mol. The van der Waals surface area contributed by atoms with Gasteiger partial charge < -0.3 is 28.6 Å². The Kier molecular flexibility index (Phi) is 9.34. The summed E-state index contributed by atoms with van der Waals surface area (Å²) in [7, 11) is 0. The third-order valence-corrected chi connectivity index (χ3v) is 9.41. The van der Waals surface area contributed by atoms with E-state index in [0.29, 0.717) is 5.56 Å². The first-order chi connectivity index (χ1) is 23.0. The number of halogens is 2. The number of pyridine rings is 1. The van der Waals surface area contributed by atoms with Crippen molar-refractivity contribution in [1.29, 1.82) is 0 Å². The number of esters is 1. The molecule has 48 heavy (non-hydrogen) atoms. The summed E-state index contributed by atoms with van der Waals surface area (Å²) in [5, 5.41) is 1.80. The van der Waals surface area contributed by atoms with Gasteiger partial charge in [0.1, 0.15) is 12.8 Å². The van der Waals surface area contributed by atoms with Crippen LogP contribution in [0.25, 0.3) is 0 Å². The summed E-state index contributed by atoms with van der Waals surface area (Å²) in [4.78, 5) is 54.1. The standard InChI is InChI=1S/C33H33F2N3O9S/c1-4-44-31(41)33(2,3)17-45-32(42)47-18-46-29-23(39)11-12-37-28(29)30(40)36-13-14-43-15-25(36)38(37)27-19-9-10-22(34)26(35)21(19)16-48-24-8-6-5-7-20(24)27/h5-12,25,27H,4,13-18H2,1-3H3/t25-,27+/m1/s1. The molecule has 1 fully saturated rings. The molecule has 254 valence electrons. The number of amides is 1. The minimum Gasteiger partial charge on any atom is -0.465 e. The lowest BCUT2D eigenvalue weighted by Gasteiger charge is -2.51. The van der Waals surface area contributed by atoms with Gasteiger partial charge >= 0.3 is 12.1 Å². The van der Waals surface area contributed by atoms with E-state index in [4.69, 9.17) is 23.7 Å². The lowest BCUT2D eigenvalue weighted by Crippen LogP contribution is -2.66. The van der Waals surface area contributed by atoms with E-state index >= 15 is 4.39 Å². The molecule has 3 aliphatic rings. The van der Waals surface area contributed by atoms with E-state index in [9.17, 15) is 23.6 Å². The molecule has 0 aliphatic carbocycles. The molecule has 12 nitrogen and oxygen atoms in total. The van der Waals surface area contributed by atoms with Gasteiger partial charge in [-0.15, -0.1) is 11.8 Å². The number of ether oxygens (including phenoxy) is 5. The highest BCUT2D eigenvalue weighted by atomic mass is 32.2. The van der Waals surface area contributed by atoms with Crippen LogP contribution in [0.2, 0.25) is 0 Å². The van der Waals surface area contributed by atoms with Crippen molar-refractivity contribution in [2.75, 3.05) is 44.8 Å². The van der Waals surface area contributed by atoms with Crippen molar-refractivity contribution in [2.45, 2.75) is 43.6 Å². The number of nitrogens with zero attached hydrogens (tertiary/aromatic N) is 3. The number of hydrogen-bond acceptors (Lipinski definition) is 11. The molecule has 0 radical (unpaired) electrons.